The molecule has 1 aromatic rings. The molecule has 0 N–H and O–H groups in total. The zero-order valence-corrected chi connectivity index (χ0v) is 17.1. The van der Waals surface area contributed by atoms with Crippen molar-refractivity contribution in [1.29, 1.82) is 0 Å². The van der Waals surface area contributed by atoms with Gasteiger partial charge in [-0.3, -0.25) is 9.78 Å². The maximum absolute atomic E-state index is 12.5. The van der Waals surface area contributed by atoms with E-state index >= 15 is 0 Å². The van der Waals surface area contributed by atoms with Gasteiger partial charge in [0.15, 0.2) is 0 Å². The molecule has 1 aromatic heterocycles. The first-order chi connectivity index (χ1) is 13.3. The zero-order valence-electron chi connectivity index (χ0n) is 17.1. The summed E-state index contributed by atoms with van der Waals surface area (Å²) in [5.74, 6) is -0.00952. The minimum atomic E-state index is -0.467. The molecule has 3 rings (SSSR count). The van der Waals surface area contributed by atoms with Crippen LogP contribution in [0.5, 0.6) is 0 Å². The minimum Gasteiger partial charge on any atom is -0.444 e. The van der Waals surface area contributed by atoms with Gasteiger partial charge >= 0.3 is 6.09 Å². The lowest BCUT2D eigenvalue weighted by Gasteiger charge is -2.37. The Morgan fingerprint density at radius 3 is 2.04 bits per heavy atom. The van der Waals surface area contributed by atoms with Crippen LogP contribution in [0.15, 0.2) is 24.4 Å². The number of carbonyl (C=O) groups excluding carboxylic acids is 2. The normalized spacial score (nSPS) is 19.5. The van der Waals surface area contributed by atoms with Crippen molar-refractivity contribution in [2.24, 2.45) is 0 Å². The Morgan fingerprint density at radius 2 is 1.54 bits per heavy atom. The van der Waals surface area contributed by atoms with E-state index in [1.807, 2.05) is 37.8 Å². The van der Waals surface area contributed by atoms with Gasteiger partial charge in [0.1, 0.15) is 11.3 Å². The lowest BCUT2D eigenvalue weighted by molar-refractivity contribution is -0.0636. The van der Waals surface area contributed by atoms with Gasteiger partial charge in [-0.2, -0.15) is 0 Å². The number of pyridine rings is 1. The van der Waals surface area contributed by atoms with Gasteiger partial charge in [0, 0.05) is 32.4 Å². The van der Waals surface area contributed by atoms with E-state index < -0.39 is 5.60 Å². The van der Waals surface area contributed by atoms with Crippen LogP contribution in [0.4, 0.5) is 4.79 Å². The lowest BCUT2D eigenvalue weighted by Crippen LogP contribution is -2.46. The predicted molar refractivity (Wildman–Crippen MR) is 105 cm³/mol. The van der Waals surface area contributed by atoms with Crippen molar-refractivity contribution >= 4 is 12.0 Å². The Bertz CT molecular complexity index is 658. The number of hydrogen-bond donors (Lipinski definition) is 0. The van der Waals surface area contributed by atoms with Crippen LogP contribution < -0.4 is 0 Å². The molecule has 0 bridgehead atoms. The average Bonchev–Trinajstić information content (AvgIpc) is 2.68. The number of rotatable bonds is 3. The fraction of sp³-hybridized carbons (Fsp3) is 0.667. The van der Waals surface area contributed by atoms with E-state index in [2.05, 4.69) is 4.98 Å². The Balaban J connectivity index is 1.39. The molecule has 28 heavy (non-hydrogen) atoms. The van der Waals surface area contributed by atoms with E-state index in [0.29, 0.717) is 31.9 Å². The number of hydrogen-bond acceptors (Lipinski definition) is 5. The maximum Gasteiger partial charge on any atom is 0.410 e. The van der Waals surface area contributed by atoms with Crippen LogP contribution in [-0.2, 0) is 9.47 Å². The van der Waals surface area contributed by atoms with Crippen LogP contribution in [0.3, 0.4) is 0 Å². The minimum absolute atomic E-state index is 0.00952. The summed E-state index contributed by atoms with van der Waals surface area (Å²) >= 11 is 0. The molecule has 2 amide bonds. The Labute approximate surface area is 167 Å². The molecule has 0 aromatic carbocycles. The summed E-state index contributed by atoms with van der Waals surface area (Å²) in [6.45, 7) is 8.35. The first-order valence-electron chi connectivity index (χ1n) is 10.2. The van der Waals surface area contributed by atoms with Crippen LogP contribution in [0.2, 0.25) is 0 Å². The van der Waals surface area contributed by atoms with E-state index in [9.17, 15) is 9.59 Å². The molecule has 7 heteroatoms. The van der Waals surface area contributed by atoms with Crippen molar-refractivity contribution < 1.29 is 19.1 Å². The van der Waals surface area contributed by atoms with Gasteiger partial charge in [-0.05, 0) is 58.6 Å². The second kappa shape index (κ2) is 8.90. The van der Waals surface area contributed by atoms with Crippen LogP contribution >= 0.6 is 0 Å². The van der Waals surface area contributed by atoms with Gasteiger partial charge in [0.2, 0.25) is 0 Å². The fourth-order valence-corrected chi connectivity index (χ4v) is 3.62. The zero-order chi connectivity index (χ0) is 20.1. The van der Waals surface area contributed by atoms with Crippen LogP contribution in [0, 0.1) is 0 Å². The second-order valence-electron chi connectivity index (χ2n) is 8.51. The highest BCUT2D eigenvalue weighted by molar-refractivity contribution is 5.92. The lowest BCUT2D eigenvalue weighted by atomic mass is 10.0. The molecule has 0 radical (unpaired) electrons. The quantitative estimate of drug-likeness (QED) is 0.794. The smallest absolute Gasteiger partial charge is 0.410 e. The summed E-state index contributed by atoms with van der Waals surface area (Å²) in [6, 6.07) is 5.40. The highest BCUT2D eigenvalue weighted by Crippen LogP contribution is 2.22. The Morgan fingerprint density at radius 1 is 0.964 bits per heavy atom. The molecule has 3 heterocycles. The number of ether oxygens (including phenoxy) is 2. The molecule has 0 spiro atoms. The van der Waals surface area contributed by atoms with Crippen LogP contribution in [0.25, 0.3) is 0 Å². The molecular formula is C21H31N3O4. The van der Waals surface area contributed by atoms with E-state index in [4.69, 9.17) is 9.47 Å². The first kappa shape index (κ1) is 20.6. The molecule has 0 atom stereocenters. The predicted octanol–water partition coefficient (Wildman–Crippen LogP) is 3.10. The molecule has 2 saturated heterocycles. The number of amides is 2. The van der Waals surface area contributed by atoms with E-state index in [1.54, 1.807) is 17.2 Å². The van der Waals surface area contributed by atoms with Gasteiger partial charge in [0.25, 0.3) is 5.91 Å². The summed E-state index contributed by atoms with van der Waals surface area (Å²) in [5, 5.41) is 0. The van der Waals surface area contributed by atoms with Crippen LogP contribution in [-0.4, -0.2) is 70.8 Å². The highest BCUT2D eigenvalue weighted by Gasteiger charge is 2.30. The number of carbonyl (C=O) groups is 2. The van der Waals surface area contributed by atoms with Crippen molar-refractivity contribution in [1.82, 2.24) is 14.8 Å². The van der Waals surface area contributed by atoms with Crippen molar-refractivity contribution in [3.63, 3.8) is 0 Å². The number of likely N-dealkylation sites (tertiary alicyclic amines) is 2. The van der Waals surface area contributed by atoms with Crippen molar-refractivity contribution in [2.45, 2.75) is 64.3 Å². The van der Waals surface area contributed by atoms with E-state index in [0.717, 1.165) is 25.7 Å². The first-order valence-corrected chi connectivity index (χ1v) is 10.2. The molecule has 0 unspecified atom stereocenters. The molecule has 154 valence electrons. The number of aromatic nitrogens is 1. The van der Waals surface area contributed by atoms with Crippen molar-refractivity contribution in [2.75, 3.05) is 26.2 Å². The molecule has 0 aliphatic carbocycles. The van der Waals surface area contributed by atoms with Gasteiger partial charge in [0.05, 0.1) is 12.2 Å². The number of piperidine rings is 2. The summed E-state index contributed by atoms with van der Waals surface area (Å²) in [6.07, 6.45) is 5.07. The third kappa shape index (κ3) is 5.67. The fourth-order valence-electron chi connectivity index (χ4n) is 3.62. The molecular weight excluding hydrogens is 358 g/mol. The molecule has 2 aliphatic heterocycles. The maximum atomic E-state index is 12.5. The topological polar surface area (TPSA) is 72.0 Å². The molecule has 2 aliphatic rings. The van der Waals surface area contributed by atoms with Crippen molar-refractivity contribution in [3.05, 3.63) is 30.1 Å². The third-order valence-corrected chi connectivity index (χ3v) is 5.09. The Hall–Kier alpha value is -2.15. The molecule has 7 nitrogen and oxygen atoms in total. The third-order valence-electron chi connectivity index (χ3n) is 5.09. The van der Waals surface area contributed by atoms with E-state index in [1.165, 1.54) is 0 Å². The standard InChI is InChI=1S/C21H31N3O4/c1-21(2,3)28-20(26)24-14-9-17(10-15-24)27-16-7-12-23(13-8-16)19(25)18-6-4-5-11-22-18/h4-6,11,16-17H,7-10,12-15H2,1-3H3. The average molecular weight is 389 g/mol. The summed E-state index contributed by atoms with van der Waals surface area (Å²) < 4.78 is 11.7. The summed E-state index contributed by atoms with van der Waals surface area (Å²) in [5.41, 5.74) is 0.0295. The molecule has 2 fully saturated rings. The Kier molecular flexibility index (Phi) is 6.54. The van der Waals surface area contributed by atoms with Gasteiger partial charge in [-0.15, -0.1) is 0 Å². The van der Waals surface area contributed by atoms with Gasteiger partial charge < -0.3 is 19.3 Å². The van der Waals surface area contributed by atoms with Gasteiger partial charge in [-0.1, -0.05) is 6.07 Å². The monoisotopic (exact) mass is 389 g/mol. The van der Waals surface area contributed by atoms with E-state index in [-0.39, 0.29) is 24.2 Å². The SMILES string of the molecule is CC(C)(C)OC(=O)N1CCC(OC2CCN(C(=O)c3ccccn3)CC2)CC1. The summed E-state index contributed by atoms with van der Waals surface area (Å²) in [7, 11) is 0. The number of nitrogens with zero attached hydrogens (tertiary/aromatic N) is 3. The van der Waals surface area contributed by atoms with Gasteiger partial charge in [-0.25, -0.2) is 4.79 Å². The molecule has 0 saturated carbocycles. The second-order valence-corrected chi connectivity index (χ2v) is 8.51. The largest absolute Gasteiger partial charge is 0.444 e. The summed E-state index contributed by atoms with van der Waals surface area (Å²) in [4.78, 5) is 32.4. The van der Waals surface area contributed by atoms with Crippen molar-refractivity contribution in [3.8, 4) is 0 Å². The highest BCUT2D eigenvalue weighted by atomic mass is 16.6. The van der Waals surface area contributed by atoms with Crippen LogP contribution in [0.1, 0.15) is 56.9 Å².